The van der Waals surface area contributed by atoms with Crippen LogP contribution in [-0.2, 0) is 9.53 Å². The fourth-order valence-corrected chi connectivity index (χ4v) is 1.34. The lowest BCUT2D eigenvalue weighted by molar-refractivity contribution is -0.419. The molecule has 0 saturated carbocycles. The Labute approximate surface area is 103 Å². The van der Waals surface area contributed by atoms with E-state index in [4.69, 9.17) is 11.6 Å². The smallest absolute Gasteiger partial charge is 0.409 e. The summed E-state index contributed by atoms with van der Waals surface area (Å²) < 4.78 is 4.59. The molecule has 6 heteroatoms. The minimum atomic E-state index is -0.961. The second-order valence-electron chi connectivity index (χ2n) is 3.06. The van der Waals surface area contributed by atoms with Gasteiger partial charge in [-0.15, -0.1) is 0 Å². The zero-order valence-corrected chi connectivity index (χ0v) is 9.81. The second-order valence-corrected chi connectivity index (χ2v) is 3.50. The normalized spacial score (nSPS) is 11.1. The number of halogens is 1. The summed E-state index contributed by atoms with van der Waals surface area (Å²) in [5.74, 6) is -0.961. The number of nitro groups is 1. The largest absolute Gasteiger partial charge is 0.458 e. The summed E-state index contributed by atoms with van der Waals surface area (Å²) in [4.78, 5) is 21.2. The maximum absolute atomic E-state index is 11.3. The first-order chi connectivity index (χ1) is 8.04. The van der Waals surface area contributed by atoms with Crippen molar-refractivity contribution in [3.05, 3.63) is 50.7 Å². The van der Waals surface area contributed by atoms with Crippen molar-refractivity contribution in [1.29, 1.82) is 0 Å². The molecular weight excluding hydrogens is 246 g/mol. The summed E-state index contributed by atoms with van der Waals surface area (Å²) in [6.07, 6.45) is 1.13. The van der Waals surface area contributed by atoms with E-state index in [1.54, 1.807) is 25.1 Å². The zero-order valence-electron chi connectivity index (χ0n) is 9.05. The van der Waals surface area contributed by atoms with Crippen molar-refractivity contribution in [1.82, 2.24) is 0 Å². The van der Waals surface area contributed by atoms with Crippen LogP contribution in [0, 0.1) is 10.1 Å². The molecule has 0 aliphatic heterocycles. The summed E-state index contributed by atoms with van der Waals surface area (Å²) >= 11 is 5.73. The fraction of sp³-hybridized carbons (Fsp3) is 0.182. The molecule has 90 valence electrons. The van der Waals surface area contributed by atoms with Crippen molar-refractivity contribution in [3.63, 3.8) is 0 Å². The van der Waals surface area contributed by atoms with Gasteiger partial charge in [0.1, 0.15) is 0 Å². The second kappa shape index (κ2) is 6.00. The summed E-state index contributed by atoms with van der Waals surface area (Å²) in [6.45, 7) is 1.66. The standard InChI is InChI=1S/C11H10ClNO4/c1-2-17-11(14)10(13(15)16)7-8-4-3-5-9(12)6-8/h3-7H,2H2,1H3/b10-7-. The first-order valence-corrected chi connectivity index (χ1v) is 5.21. The van der Waals surface area contributed by atoms with Gasteiger partial charge in [0.05, 0.1) is 11.5 Å². The molecule has 0 bridgehead atoms. The Balaban J connectivity index is 3.06. The zero-order chi connectivity index (χ0) is 12.8. The van der Waals surface area contributed by atoms with E-state index < -0.39 is 16.6 Å². The Morgan fingerprint density at radius 2 is 2.29 bits per heavy atom. The Kier molecular flexibility index (Phi) is 4.66. The molecule has 17 heavy (non-hydrogen) atoms. The van der Waals surface area contributed by atoms with Gasteiger partial charge in [0.15, 0.2) is 0 Å². The van der Waals surface area contributed by atoms with E-state index in [9.17, 15) is 14.9 Å². The number of rotatable bonds is 4. The van der Waals surface area contributed by atoms with Crippen LogP contribution in [0.5, 0.6) is 0 Å². The highest BCUT2D eigenvalue weighted by molar-refractivity contribution is 6.30. The lowest BCUT2D eigenvalue weighted by atomic mass is 10.2. The predicted octanol–water partition coefficient (Wildman–Crippen LogP) is 2.52. The molecule has 0 radical (unpaired) electrons. The van der Waals surface area contributed by atoms with Crippen molar-refractivity contribution in [3.8, 4) is 0 Å². The number of nitrogens with zero attached hydrogens (tertiary/aromatic N) is 1. The summed E-state index contributed by atoms with van der Waals surface area (Å²) in [5, 5.41) is 11.1. The van der Waals surface area contributed by atoms with E-state index in [2.05, 4.69) is 4.74 Å². The van der Waals surface area contributed by atoms with Gasteiger partial charge in [0.2, 0.25) is 0 Å². The molecular formula is C11H10ClNO4. The maximum atomic E-state index is 11.3. The number of esters is 1. The first-order valence-electron chi connectivity index (χ1n) is 4.83. The molecule has 0 aromatic heterocycles. The van der Waals surface area contributed by atoms with Gasteiger partial charge in [-0.05, 0) is 24.6 Å². The van der Waals surface area contributed by atoms with Crippen LogP contribution in [0.4, 0.5) is 0 Å². The van der Waals surface area contributed by atoms with Crippen LogP contribution < -0.4 is 0 Å². The third kappa shape index (κ3) is 3.88. The summed E-state index contributed by atoms with van der Waals surface area (Å²) in [7, 11) is 0. The highest BCUT2D eigenvalue weighted by Crippen LogP contribution is 2.14. The predicted molar refractivity (Wildman–Crippen MR) is 63.1 cm³/mol. The lowest BCUT2D eigenvalue weighted by Crippen LogP contribution is -2.14. The van der Waals surface area contributed by atoms with Crippen LogP contribution >= 0.6 is 11.6 Å². The number of ether oxygens (including phenoxy) is 1. The highest BCUT2D eigenvalue weighted by Gasteiger charge is 2.23. The van der Waals surface area contributed by atoms with Gasteiger partial charge < -0.3 is 4.74 Å². The molecule has 0 amide bonds. The van der Waals surface area contributed by atoms with E-state index in [0.717, 1.165) is 6.08 Å². The average Bonchev–Trinajstić information content (AvgIpc) is 2.26. The molecule has 0 atom stereocenters. The molecule has 0 spiro atoms. The Morgan fingerprint density at radius 1 is 1.59 bits per heavy atom. The monoisotopic (exact) mass is 255 g/mol. The van der Waals surface area contributed by atoms with Crippen molar-refractivity contribution < 1.29 is 14.5 Å². The molecule has 1 rings (SSSR count). The van der Waals surface area contributed by atoms with E-state index in [1.165, 1.54) is 6.07 Å². The lowest BCUT2D eigenvalue weighted by Gasteiger charge is -1.99. The minimum Gasteiger partial charge on any atom is -0.458 e. The molecule has 0 aliphatic rings. The molecule has 1 aromatic rings. The fourth-order valence-electron chi connectivity index (χ4n) is 1.15. The minimum absolute atomic E-state index is 0.0829. The van der Waals surface area contributed by atoms with Crippen LogP contribution in [0.15, 0.2) is 30.0 Å². The van der Waals surface area contributed by atoms with Gasteiger partial charge in [-0.2, -0.15) is 0 Å². The topological polar surface area (TPSA) is 69.4 Å². The maximum Gasteiger partial charge on any atom is 0.409 e. The number of carbonyl (C=O) groups is 1. The number of hydrogen-bond donors (Lipinski definition) is 0. The van der Waals surface area contributed by atoms with E-state index >= 15 is 0 Å². The summed E-state index contributed by atoms with van der Waals surface area (Å²) in [6, 6.07) is 6.39. The third-order valence-electron chi connectivity index (χ3n) is 1.83. The Bertz CT molecular complexity index is 470. The third-order valence-corrected chi connectivity index (χ3v) is 2.07. The molecule has 0 N–H and O–H groups in total. The van der Waals surface area contributed by atoms with Crippen molar-refractivity contribution in [2.24, 2.45) is 0 Å². The molecule has 1 aromatic carbocycles. The average molecular weight is 256 g/mol. The van der Waals surface area contributed by atoms with Gasteiger partial charge >= 0.3 is 11.7 Å². The number of benzene rings is 1. The van der Waals surface area contributed by atoms with E-state index in [-0.39, 0.29) is 6.61 Å². The van der Waals surface area contributed by atoms with Gasteiger partial charge in [-0.25, -0.2) is 4.79 Å². The van der Waals surface area contributed by atoms with Crippen LogP contribution in [0.25, 0.3) is 6.08 Å². The van der Waals surface area contributed by atoms with Gasteiger partial charge in [-0.1, -0.05) is 23.7 Å². The Morgan fingerprint density at radius 3 is 2.82 bits per heavy atom. The van der Waals surface area contributed by atoms with Crippen molar-refractivity contribution in [2.75, 3.05) is 6.61 Å². The quantitative estimate of drug-likeness (QED) is 0.359. The van der Waals surface area contributed by atoms with Crippen molar-refractivity contribution in [2.45, 2.75) is 6.92 Å². The van der Waals surface area contributed by atoms with Crippen LogP contribution in [0.1, 0.15) is 12.5 Å². The first kappa shape index (κ1) is 13.2. The molecule has 5 nitrogen and oxygen atoms in total. The van der Waals surface area contributed by atoms with Crippen LogP contribution in [-0.4, -0.2) is 17.5 Å². The van der Waals surface area contributed by atoms with Gasteiger partial charge in [0.25, 0.3) is 0 Å². The van der Waals surface area contributed by atoms with Gasteiger partial charge in [-0.3, -0.25) is 10.1 Å². The molecule has 0 fully saturated rings. The Hall–Kier alpha value is -1.88. The SMILES string of the molecule is CCOC(=O)/C(=C/c1cccc(Cl)c1)[N+](=O)[O-]. The van der Waals surface area contributed by atoms with Crippen molar-refractivity contribution >= 4 is 23.6 Å². The summed E-state index contributed by atoms with van der Waals surface area (Å²) in [5.41, 5.74) is -0.147. The molecule has 0 unspecified atom stereocenters. The molecule has 0 heterocycles. The van der Waals surface area contributed by atoms with E-state index in [0.29, 0.717) is 10.6 Å². The van der Waals surface area contributed by atoms with Gasteiger partial charge in [0, 0.05) is 11.1 Å². The van der Waals surface area contributed by atoms with Crippen LogP contribution in [0.3, 0.4) is 0 Å². The molecule has 0 saturated heterocycles. The number of carbonyl (C=O) groups excluding carboxylic acids is 1. The van der Waals surface area contributed by atoms with E-state index in [1.807, 2.05) is 0 Å². The van der Waals surface area contributed by atoms with Crippen LogP contribution in [0.2, 0.25) is 5.02 Å². The number of hydrogen-bond acceptors (Lipinski definition) is 4. The molecule has 0 aliphatic carbocycles. The highest BCUT2D eigenvalue weighted by atomic mass is 35.5.